The van der Waals surface area contributed by atoms with Crippen molar-refractivity contribution in [2.75, 3.05) is 7.11 Å². The number of carbonyl (C=O) groups excluding carboxylic acids is 2. The summed E-state index contributed by atoms with van der Waals surface area (Å²) in [4.78, 5) is 24.6. The summed E-state index contributed by atoms with van der Waals surface area (Å²) in [5, 5.41) is 0. The minimum atomic E-state index is -0.903. The Labute approximate surface area is 132 Å². The molecule has 0 spiro atoms. The van der Waals surface area contributed by atoms with Crippen LogP contribution >= 0.6 is 0 Å². The van der Waals surface area contributed by atoms with Crippen LogP contribution in [0.4, 0.5) is 4.39 Å². The first-order valence-corrected chi connectivity index (χ1v) is 7.31. The van der Waals surface area contributed by atoms with Gasteiger partial charge >= 0.3 is 5.97 Å². The van der Waals surface area contributed by atoms with E-state index in [-0.39, 0.29) is 22.8 Å². The third-order valence-electron chi connectivity index (χ3n) is 4.11. The highest BCUT2D eigenvalue weighted by Gasteiger charge is 2.41. The summed E-state index contributed by atoms with van der Waals surface area (Å²) in [5.41, 5.74) is 6.35. The van der Waals surface area contributed by atoms with Gasteiger partial charge in [-0.3, -0.25) is 4.79 Å². The van der Waals surface area contributed by atoms with E-state index in [0.29, 0.717) is 30.6 Å². The van der Waals surface area contributed by atoms with Crippen LogP contribution in [0.1, 0.15) is 30.7 Å². The molecule has 0 aromatic heterocycles. The van der Waals surface area contributed by atoms with Crippen LogP contribution in [0, 0.1) is 5.82 Å². The highest BCUT2D eigenvalue weighted by Crippen LogP contribution is 2.44. The summed E-state index contributed by atoms with van der Waals surface area (Å²) in [5.74, 6) is -2.04. The Morgan fingerprint density at radius 1 is 1.35 bits per heavy atom. The predicted molar refractivity (Wildman–Crippen MR) is 79.3 cm³/mol. The molecule has 1 aromatic carbocycles. The van der Waals surface area contributed by atoms with E-state index in [1.54, 1.807) is 12.1 Å². The Morgan fingerprint density at radius 3 is 2.78 bits per heavy atom. The monoisotopic (exact) mass is 317 g/mol. The lowest BCUT2D eigenvalue weighted by molar-refractivity contribution is -0.136. The van der Waals surface area contributed by atoms with Crippen molar-refractivity contribution in [3.05, 3.63) is 58.4 Å². The third kappa shape index (κ3) is 2.50. The van der Waals surface area contributed by atoms with Crippen molar-refractivity contribution in [3.63, 3.8) is 0 Å². The van der Waals surface area contributed by atoms with Crippen LogP contribution in [0.25, 0.3) is 0 Å². The number of nitrogens with two attached hydrogens (primary N) is 1. The van der Waals surface area contributed by atoms with Gasteiger partial charge in [-0.2, -0.15) is 0 Å². The number of Topliss-reactive ketones (excluding diaryl/α,β-unsaturated/α-hetero) is 1. The molecule has 0 unspecified atom stereocenters. The second-order valence-electron chi connectivity index (χ2n) is 5.44. The number of allylic oxidation sites excluding steroid dienone is 2. The molecule has 23 heavy (non-hydrogen) atoms. The van der Waals surface area contributed by atoms with E-state index in [1.165, 1.54) is 19.2 Å². The smallest absolute Gasteiger partial charge is 0.340 e. The molecule has 5 nitrogen and oxygen atoms in total. The quantitative estimate of drug-likeness (QED) is 0.847. The maximum absolute atomic E-state index is 14.3. The lowest BCUT2D eigenvalue weighted by Crippen LogP contribution is -2.31. The summed E-state index contributed by atoms with van der Waals surface area (Å²) < 4.78 is 24.6. The van der Waals surface area contributed by atoms with Crippen LogP contribution in [-0.2, 0) is 19.1 Å². The molecule has 120 valence electrons. The van der Waals surface area contributed by atoms with Crippen LogP contribution in [0.3, 0.4) is 0 Å². The summed E-state index contributed by atoms with van der Waals surface area (Å²) in [6, 6.07) is 6.00. The van der Waals surface area contributed by atoms with Gasteiger partial charge in [0.15, 0.2) is 5.78 Å². The molecular weight excluding hydrogens is 301 g/mol. The van der Waals surface area contributed by atoms with E-state index in [9.17, 15) is 14.0 Å². The van der Waals surface area contributed by atoms with Gasteiger partial charge in [0, 0.05) is 24.0 Å². The number of esters is 1. The van der Waals surface area contributed by atoms with Crippen molar-refractivity contribution in [2.45, 2.75) is 25.2 Å². The molecule has 1 aliphatic carbocycles. The molecule has 3 rings (SSSR count). The Balaban J connectivity index is 2.23. The second-order valence-corrected chi connectivity index (χ2v) is 5.44. The lowest BCUT2D eigenvalue weighted by Gasteiger charge is -2.32. The average molecular weight is 317 g/mol. The number of carbonyl (C=O) groups is 2. The fourth-order valence-electron chi connectivity index (χ4n) is 3.09. The Bertz CT molecular complexity index is 751. The minimum Gasteiger partial charge on any atom is -0.465 e. The number of benzene rings is 1. The van der Waals surface area contributed by atoms with Crippen molar-refractivity contribution in [1.29, 1.82) is 0 Å². The molecule has 1 aromatic rings. The van der Waals surface area contributed by atoms with Crippen LogP contribution in [0.5, 0.6) is 0 Å². The maximum Gasteiger partial charge on any atom is 0.340 e. The molecular formula is C17H16FNO4. The summed E-state index contributed by atoms with van der Waals surface area (Å²) in [6.07, 6.45) is 1.51. The molecule has 0 saturated heterocycles. The fraction of sp³-hybridized carbons (Fsp3) is 0.294. The molecule has 2 aliphatic rings. The molecule has 1 atom stereocenters. The SMILES string of the molecule is COC(=O)C1=C(N)OC2=C(C(=O)CCC2)[C@H]1c1ccccc1F. The normalized spacial score (nSPS) is 21.0. The molecule has 0 radical (unpaired) electrons. The molecule has 1 aliphatic heterocycles. The van der Waals surface area contributed by atoms with Gasteiger partial charge in [0.05, 0.1) is 13.0 Å². The van der Waals surface area contributed by atoms with Gasteiger partial charge in [0.25, 0.3) is 0 Å². The molecule has 0 saturated carbocycles. The number of methoxy groups -OCH3 is 1. The van der Waals surface area contributed by atoms with Gasteiger partial charge in [-0.1, -0.05) is 18.2 Å². The first-order chi connectivity index (χ1) is 11.0. The van der Waals surface area contributed by atoms with E-state index in [1.807, 2.05) is 0 Å². The van der Waals surface area contributed by atoms with Crippen LogP contribution < -0.4 is 5.73 Å². The average Bonchev–Trinajstić information content (AvgIpc) is 2.54. The molecule has 0 fully saturated rings. The topological polar surface area (TPSA) is 78.6 Å². The van der Waals surface area contributed by atoms with Crippen molar-refractivity contribution in [3.8, 4) is 0 Å². The van der Waals surface area contributed by atoms with E-state index in [0.717, 1.165) is 0 Å². The summed E-state index contributed by atoms with van der Waals surface area (Å²) in [7, 11) is 1.20. The van der Waals surface area contributed by atoms with Gasteiger partial charge in [-0.15, -0.1) is 0 Å². The van der Waals surface area contributed by atoms with Gasteiger partial charge in [0.2, 0.25) is 5.88 Å². The Hall–Kier alpha value is -2.63. The maximum atomic E-state index is 14.3. The van der Waals surface area contributed by atoms with Crippen molar-refractivity contribution in [1.82, 2.24) is 0 Å². The van der Waals surface area contributed by atoms with Gasteiger partial charge in [-0.05, 0) is 12.5 Å². The van der Waals surface area contributed by atoms with E-state index < -0.39 is 17.7 Å². The number of rotatable bonds is 2. The fourth-order valence-corrected chi connectivity index (χ4v) is 3.09. The zero-order chi connectivity index (χ0) is 16.6. The zero-order valence-electron chi connectivity index (χ0n) is 12.6. The standard InChI is InChI=1S/C17H16FNO4/c1-22-17(21)15-13(9-5-2-3-6-10(9)18)14-11(20)7-4-8-12(14)23-16(15)19/h2-3,5-6,13H,4,7-8,19H2,1H3/t13-/m1/s1. The van der Waals surface area contributed by atoms with Crippen LogP contribution in [0.15, 0.2) is 47.1 Å². The van der Waals surface area contributed by atoms with E-state index in [4.69, 9.17) is 15.2 Å². The van der Waals surface area contributed by atoms with Gasteiger partial charge in [0.1, 0.15) is 17.1 Å². The van der Waals surface area contributed by atoms with Gasteiger partial charge in [-0.25, -0.2) is 9.18 Å². The van der Waals surface area contributed by atoms with Gasteiger partial charge < -0.3 is 15.2 Å². The second kappa shape index (κ2) is 5.87. The largest absolute Gasteiger partial charge is 0.465 e. The van der Waals surface area contributed by atoms with E-state index in [2.05, 4.69) is 0 Å². The van der Waals surface area contributed by atoms with Crippen molar-refractivity contribution < 1.29 is 23.5 Å². The van der Waals surface area contributed by atoms with E-state index >= 15 is 0 Å². The van der Waals surface area contributed by atoms with Crippen LogP contribution in [0.2, 0.25) is 0 Å². The van der Waals surface area contributed by atoms with Crippen molar-refractivity contribution >= 4 is 11.8 Å². The number of hydrogen-bond donors (Lipinski definition) is 1. The molecule has 2 N–H and O–H groups in total. The number of hydrogen-bond acceptors (Lipinski definition) is 5. The summed E-state index contributed by atoms with van der Waals surface area (Å²) in [6.45, 7) is 0. The molecule has 1 heterocycles. The zero-order valence-corrected chi connectivity index (χ0v) is 12.6. The number of ketones is 1. The summed E-state index contributed by atoms with van der Waals surface area (Å²) >= 11 is 0. The van der Waals surface area contributed by atoms with Crippen molar-refractivity contribution in [2.24, 2.45) is 5.73 Å². The lowest BCUT2D eigenvalue weighted by atomic mass is 9.77. The molecule has 6 heteroatoms. The highest BCUT2D eigenvalue weighted by atomic mass is 19.1. The minimum absolute atomic E-state index is 0.0356. The molecule has 0 amide bonds. The number of halogens is 1. The first kappa shape index (κ1) is 15.3. The Kier molecular flexibility index (Phi) is 3.90. The number of ether oxygens (including phenoxy) is 2. The first-order valence-electron chi connectivity index (χ1n) is 7.31. The predicted octanol–water partition coefficient (Wildman–Crippen LogP) is 2.29. The highest BCUT2D eigenvalue weighted by molar-refractivity contribution is 6.03. The third-order valence-corrected chi connectivity index (χ3v) is 4.11. The van der Waals surface area contributed by atoms with Crippen LogP contribution in [-0.4, -0.2) is 18.9 Å². The molecule has 0 bridgehead atoms. The Morgan fingerprint density at radius 2 is 2.09 bits per heavy atom.